The van der Waals surface area contributed by atoms with Gasteiger partial charge in [0.1, 0.15) is 5.82 Å². The SMILES string of the molecule is CC(O)(c1ccc(N2CCN(S(=O)(=O)C3=CC=CCC3=S)C[C@@H]2C[S@](=O)c2ccc(F)cc2)cc1)C(F)(F)F. The third-order valence-corrected chi connectivity index (χ3v) is 10.7. The second kappa shape index (κ2) is 11.2. The summed E-state index contributed by atoms with van der Waals surface area (Å²) in [6, 6.07) is 9.65. The van der Waals surface area contributed by atoms with Crippen molar-refractivity contribution in [1.29, 1.82) is 0 Å². The molecule has 1 aliphatic heterocycles. The number of aliphatic hydroxyl groups is 1. The smallest absolute Gasteiger partial charge is 0.376 e. The topological polar surface area (TPSA) is 77.9 Å². The quantitative estimate of drug-likeness (QED) is 0.373. The van der Waals surface area contributed by atoms with Crippen molar-refractivity contribution in [3.8, 4) is 0 Å². The highest BCUT2D eigenvalue weighted by molar-refractivity contribution is 7.96. The molecule has 6 nitrogen and oxygen atoms in total. The van der Waals surface area contributed by atoms with Gasteiger partial charge < -0.3 is 10.0 Å². The van der Waals surface area contributed by atoms with E-state index in [2.05, 4.69) is 0 Å². The van der Waals surface area contributed by atoms with E-state index in [0.29, 0.717) is 28.8 Å². The normalized spacial score (nSPS) is 21.4. The number of nitrogens with zero attached hydrogens (tertiary/aromatic N) is 2. The molecule has 0 spiro atoms. The molecule has 1 unspecified atom stereocenters. The van der Waals surface area contributed by atoms with Crippen molar-refractivity contribution in [3.63, 3.8) is 0 Å². The number of hydrogen-bond acceptors (Lipinski definition) is 6. The predicted octanol–water partition coefficient (Wildman–Crippen LogP) is 4.44. The molecule has 3 atom stereocenters. The summed E-state index contributed by atoms with van der Waals surface area (Å²) < 4.78 is 94.7. The molecule has 0 aromatic heterocycles. The molecule has 0 saturated carbocycles. The lowest BCUT2D eigenvalue weighted by Crippen LogP contribution is -2.57. The molecule has 2 aromatic carbocycles. The van der Waals surface area contributed by atoms with Crippen LogP contribution >= 0.6 is 12.2 Å². The van der Waals surface area contributed by atoms with E-state index in [1.807, 2.05) is 0 Å². The lowest BCUT2D eigenvalue weighted by atomic mass is 9.95. The molecule has 1 fully saturated rings. The van der Waals surface area contributed by atoms with Crippen LogP contribution in [-0.4, -0.2) is 64.5 Å². The third kappa shape index (κ3) is 6.17. The third-order valence-electron chi connectivity index (χ3n) is 6.76. The summed E-state index contributed by atoms with van der Waals surface area (Å²) in [4.78, 5) is 2.46. The number of halogens is 4. The van der Waals surface area contributed by atoms with Gasteiger partial charge in [-0.3, -0.25) is 4.21 Å². The summed E-state index contributed by atoms with van der Waals surface area (Å²) in [6.45, 7) is 0.837. The van der Waals surface area contributed by atoms with Crippen molar-refractivity contribution >= 4 is 43.6 Å². The number of hydrogen-bond donors (Lipinski definition) is 1. The Morgan fingerprint density at radius 3 is 2.31 bits per heavy atom. The molecule has 4 rings (SSSR count). The molecule has 1 aliphatic carbocycles. The van der Waals surface area contributed by atoms with Gasteiger partial charge in [0.05, 0.1) is 21.7 Å². The molecule has 13 heteroatoms. The fourth-order valence-corrected chi connectivity index (χ4v) is 7.76. The second-order valence-electron chi connectivity index (χ2n) is 9.38. The minimum absolute atomic E-state index is 0.0247. The van der Waals surface area contributed by atoms with Crippen molar-refractivity contribution in [1.82, 2.24) is 4.31 Å². The molecule has 0 radical (unpaired) electrons. The summed E-state index contributed by atoms with van der Waals surface area (Å²) in [5.74, 6) is -0.517. The fourth-order valence-electron chi connectivity index (χ4n) is 4.42. The average Bonchev–Trinajstić information content (AvgIpc) is 2.88. The zero-order chi connectivity index (χ0) is 28.6. The lowest BCUT2D eigenvalue weighted by molar-refractivity contribution is -0.258. The number of benzene rings is 2. The van der Waals surface area contributed by atoms with Crippen LogP contribution in [0.5, 0.6) is 0 Å². The molecule has 0 amide bonds. The zero-order valence-corrected chi connectivity index (χ0v) is 23.2. The van der Waals surface area contributed by atoms with E-state index in [4.69, 9.17) is 12.2 Å². The first-order valence-corrected chi connectivity index (χ1v) is 15.1. The van der Waals surface area contributed by atoms with E-state index in [9.17, 15) is 35.3 Å². The number of sulfonamides is 1. The monoisotopic (exact) mass is 602 g/mol. The summed E-state index contributed by atoms with van der Waals surface area (Å²) in [7, 11) is -5.59. The predicted molar refractivity (Wildman–Crippen MR) is 146 cm³/mol. The largest absolute Gasteiger partial charge is 0.421 e. The van der Waals surface area contributed by atoms with Crippen LogP contribution in [-0.2, 0) is 26.4 Å². The number of thiocarbonyl (C=S) groups is 1. The minimum Gasteiger partial charge on any atom is -0.376 e. The molecule has 1 N–H and O–H groups in total. The van der Waals surface area contributed by atoms with E-state index >= 15 is 0 Å². The van der Waals surface area contributed by atoms with E-state index in [-0.39, 0.29) is 35.9 Å². The van der Waals surface area contributed by atoms with Gasteiger partial charge in [-0.15, -0.1) is 0 Å². The van der Waals surface area contributed by atoms with Gasteiger partial charge in [0.25, 0.3) is 0 Å². The highest BCUT2D eigenvalue weighted by Gasteiger charge is 2.51. The summed E-state index contributed by atoms with van der Waals surface area (Å²) in [5, 5.41) is 10.0. The molecule has 2 aliphatic rings. The van der Waals surface area contributed by atoms with E-state index in [1.165, 1.54) is 46.8 Å². The number of rotatable bonds is 7. The number of piperazine rings is 1. The van der Waals surface area contributed by atoms with Gasteiger partial charge in [0, 0.05) is 47.3 Å². The molecular weight excluding hydrogens is 576 g/mol. The highest BCUT2D eigenvalue weighted by atomic mass is 32.2. The number of anilines is 1. The van der Waals surface area contributed by atoms with Gasteiger partial charge in [-0.25, -0.2) is 12.8 Å². The van der Waals surface area contributed by atoms with Crippen LogP contribution in [0.4, 0.5) is 23.2 Å². The van der Waals surface area contributed by atoms with Gasteiger partial charge >= 0.3 is 6.18 Å². The molecule has 39 heavy (non-hydrogen) atoms. The Balaban J connectivity index is 1.64. The molecule has 2 aromatic rings. The maximum atomic E-state index is 13.4. The van der Waals surface area contributed by atoms with Crippen molar-refractivity contribution in [2.24, 2.45) is 0 Å². The van der Waals surface area contributed by atoms with Crippen molar-refractivity contribution in [2.45, 2.75) is 36.1 Å². The summed E-state index contributed by atoms with van der Waals surface area (Å²) >= 11 is 5.27. The fraction of sp³-hybridized carbons (Fsp3) is 0.346. The molecular formula is C26H26F4N2O4S3. The maximum absolute atomic E-state index is 13.4. The van der Waals surface area contributed by atoms with Gasteiger partial charge in [-0.05, 0) is 55.0 Å². The number of allylic oxidation sites excluding steroid dienone is 4. The Labute approximate surface area is 232 Å². The lowest BCUT2D eigenvalue weighted by Gasteiger charge is -2.42. The van der Waals surface area contributed by atoms with Gasteiger partial charge in [0.2, 0.25) is 10.0 Å². The Morgan fingerprint density at radius 2 is 1.72 bits per heavy atom. The highest BCUT2D eigenvalue weighted by Crippen LogP contribution is 2.39. The average molecular weight is 603 g/mol. The van der Waals surface area contributed by atoms with Crippen molar-refractivity contribution in [2.75, 3.05) is 30.3 Å². The first kappa shape index (κ1) is 29.5. The van der Waals surface area contributed by atoms with Crippen LogP contribution < -0.4 is 4.90 Å². The molecule has 0 bridgehead atoms. The van der Waals surface area contributed by atoms with Crippen LogP contribution in [0.25, 0.3) is 0 Å². The Hall–Kier alpha value is -2.45. The van der Waals surface area contributed by atoms with E-state index in [0.717, 1.165) is 12.1 Å². The first-order chi connectivity index (χ1) is 18.2. The molecule has 1 heterocycles. The number of alkyl halides is 3. The summed E-state index contributed by atoms with van der Waals surface area (Å²) in [5.41, 5.74) is -2.93. The standard InChI is InChI=1S/C26H26F4N2O4S3/c1-25(33,26(28,29)30)18-6-10-20(11-7-18)32-15-14-31(39(35,36)24-5-3-2-4-23(24)37)16-21(32)17-38(34)22-12-8-19(27)9-13-22/h2-3,5-13,21,33H,4,14-17H2,1H3/t21-,25?,38+/m1/s1. The summed E-state index contributed by atoms with van der Waals surface area (Å²) in [6.07, 6.45) is 0.273. The van der Waals surface area contributed by atoms with Crippen LogP contribution in [0.2, 0.25) is 0 Å². The van der Waals surface area contributed by atoms with Crippen LogP contribution in [0.15, 0.2) is 76.6 Å². The van der Waals surface area contributed by atoms with Gasteiger partial charge in [-0.1, -0.05) is 36.5 Å². The van der Waals surface area contributed by atoms with E-state index in [1.54, 1.807) is 17.1 Å². The van der Waals surface area contributed by atoms with Crippen LogP contribution in [0.1, 0.15) is 18.9 Å². The first-order valence-electron chi connectivity index (χ1n) is 11.9. The molecule has 1 saturated heterocycles. The van der Waals surface area contributed by atoms with Crippen LogP contribution in [0.3, 0.4) is 0 Å². The maximum Gasteiger partial charge on any atom is 0.421 e. The van der Waals surface area contributed by atoms with Gasteiger partial charge in [0.15, 0.2) is 5.60 Å². The van der Waals surface area contributed by atoms with E-state index < -0.39 is 44.5 Å². The Bertz CT molecular complexity index is 1420. The Kier molecular flexibility index (Phi) is 8.48. The molecule has 210 valence electrons. The van der Waals surface area contributed by atoms with Crippen molar-refractivity contribution < 1.29 is 35.3 Å². The second-order valence-corrected chi connectivity index (χ2v) is 13.3. The zero-order valence-electron chi connectivity index (χ0n) is 20.8. The Morgan fingerprint density at radius 1 is 1.08 bits per heavy atom. The minimum atomic E-state index is -4.88. The van der Waals surface area contributed by atoms with Crippen molar-refractivity contribution in [3.05, 3.63) is 83.0 Å². The van der Waals surface area contributed by atoms with Crippen LogP contribution in [0, 0.1) is 5.82 Å². The van der Waals surface area contributed by atoms with Gasteiger partial charge in [-0.2, -0.15) is 17.5 Å².